The molecule has 0 aliphatic carbocycles. The Balaban J connectivity index is 2.68. The average Bonchev–Trinajstić information content (AvgIpc) is 2.72. The van der Waals surface area contributed by atoms with Crippen molar-refractivity contribution in [1.29, 1.82) is 0 Å². The molecule has 2 heterocycles. The van der Waals surface area contributed by atoms with Gasteiger partial charge in [0.25, 0.3) is 0 Å². The maximum absolute atomic E-state index is 12.2. The van der Waals surface area contributed by atoms with Crippen molar-refractivity contribution in [2.75, 3.05) is 0 Å². The van der Waals surface area contributed by atoms with Crippen LogP contribution in [0.4, 0.5) is 0 Å². The topological polar surface area (TPSA) is 58.6 Å². The molecule has 0 saturated carbocycles. The summed E-state index contributed by atoms with van der Waals surface area (Å²) in [6.45, 7) is 3.98. The highest BCUT2D eigenvalue weighted by molar-refractivity contribution is 7.24. The summed E-state index contributed by atoms with van der Waals surface area (Å²) in [7, 11) is 0. The van der Waals surface area contributed by atoms with E-state index in [1.54, 1.807) is 0 Å². The second kappa shape index (κ2) is 3.12. The quantitative estimate of drug-likeness (QED) is 0.645. The molecule has 0 atom stereocenters. The van der Waals surface area contributed by atoms with E-state index in [0.717, 1.165) is 21.2 Å². The van der Waals surface area contributed by atoms with Crippen molar-refractivity contribution >= 4 is 31.8 Å². The minimum Gasteiger partial charge on any atom is -0.287 e. The Morgan fingerprint density at radius 3 is 2.88 bits per heavy atom. The molecular formula is C11H9N3OS. The number of nitrogens with zero attached hydrogens (tertiary/aromatic N) is 2. The van der Waals surface area contributed by atoms with Crippen molar-refractivity contribution < 1.29 is 0 Å². The summed E-state index contributed by atoms with van der Waals surface area (Å²) in [6.07, 6.45) is 0. The third kappa shape index (κ3) is 1.12. The molecule has 0 bridgehead atoms. The van der Waals surface area contributed by atoms with E-state index in [9.17, 15) is 4.79 Å². The number of hydrogen-bond donors (Lipinski definition) is 1. The zero-order chi connectivity index (χ0) is 11.3. The molecule has 0 radical (unpaired) electrons. The van der Waals surface area contributed by atoms with Gasteiger partial charge in [-0.3, -0.25) is 4.79 Å². The number of nitrogens with one attached hydrogen (secondary N) is 1. The van der Waals surface area contributed by atoms with Crippen molar-refractivity contribution in [3.8, 4) is 0 Å². The molecule has 0 aliphatic heterocycles. The maximum atomic E-state index is 12.2. The fraction of sp³-hybridized carbons (Fsp3) is 0.182. The molecule has 0 amide bonds. The van der Waals surface area contributed by atoms with Crippen LogP contribution in [0.25, 0.3) is 20.4 Å². The van der Waals surface area contributed by atoms with Gasteiger partial charge in [0.05, 0.1) is 0 Å². The summed E-state index contributed by atoms with van der Waals surface area (Å²) in [5, 5.41) is 11.1. The molecule has 0 spiro atoms. The fourth-order valence-corrected chi connectivity index (χ4v) is 2.83. The van der Waals surface area contributed by atoms with Crippen molar-refractivity contribution in [1.82, 2.24) is 15.4 Å². The van der Waals surface area contributed by atoms with Crippen molar-refractivity contribution in [2.24, 2.45) is 0 Å². The molecule has 0 unspecified atom stereocenters. The first-order valence-corrected chi connectivity index (χ1v) is 5.73. The van der Waals surface area contributed by atoms with Gasteiger partial charge < -0.3 is 0 Å². The summed E-state index contributed by atoms with van der Waals surface area (Å²) in [5.74, 6) is 0. The molecule has 3 rings (SSSR count). The van der Waals surface area contributed by atoms with E-state index in [0.29, 0.717) is 10.3 Å². The van der Waals surface area contributed by atoms with E-state index < -0.39 is 0 Å². The first-order chi connectivity index (χ1) is 7.68. The summed E-state index contributed by atoms with van der Waals surface area (Å²) in [4.78, 5) is 12.9. The Kier molecular flexibility index (Phi) is 1.85. The van der Waals surface area contributed by atoms with Crippen LogP contribution in [0.15, 0.2) is 16.9 Å². The van der Waals surface area contributed by atoms with Crippen molar-refractivity contribution in [3.63, 3.8) is 0 Å². The molecule has 0 saturated heterocycles. The van der Waals surface area contributed by atoms with Gasteiger partial charge in [-0.1, -0.05) is 6.07 Å². The molecule has 1 aromatic carbocycles. The van der Waals surface area contributed by atoms with E-state index in [2.05, 4.69) is 15.4 Å². The molecule has 16 heavy (non-hydrogen) atoms. The van der Waals surface area contributed by atoms with Gasteiger partial charge in [0.15, 0.2) is 10.3 Å². The van der Waals surface area contributed by atoms with Gasteiger partial charge >= 0.3 is 0 Å². The van der Waals surface area contributed by atoms with Gasteiger partial charge in [-0.25, -0.2) is 0 Å². The Hall–Kier alpha value is -1.75. The maximum Gasteiger partial charge on any atom is 0.218 e. The predicted octanol–water partition coefficient (Wildman–Crippen LogP) is 2.15. The highest BCUT2D eigenvalue weighted by atomic mass is 32.1. The summed E-state index contributed by atoms with van der Waals surface area (Å²) in [6, 6.07) is 4.00. The van der Waals surface area contributed by atoms with Crippen LogP contribution in [0.1, 0.15) is 11.1 Å². The van der Waals surface area contributed by atoms with Crippen molar-refractivity contribution in [2.45, 2.75) is 13.8 Å². The molecule has 3 aromatic rings. The van der Waals surface area contributed by atoms with Crippen LogP contribution < -0.4 is 5.43 Å². The lowest BCUT2D eigenvalue weighted by atomic mass is 10.1. The first kappa shape index (κ1) is 9.47. The molecule has 0 fully saturated rings. The zero-order valence-corrected chi connectivity index (χ0v) is 9.68. The van der Waals surface area contributed by atoms with Crippen LogP contribution in [0.5, 0.6) is 0 Å². The minimum atomic E-state index is -0.0290. The van der Waals surface area contributed by atoms with Gasteiger partial charge in [-0.05, 0) is 31.0 Å². The molecule has 0 aliphatic rings. The predicted molar refractivity (Wildman–Crippen MR) is 65.0 cm³/mol. The van der Waals surface area contributed by atoms with Crippen LogP contribution >= 0.6 is 11.3 Å². The number of rotatable bonds is 0. The van der Waals surface area contributed by atoms with Crippen LogP contribution in [0.2, 0.25) is 0 Å². The molecule has 5 heteroatoms. The molecule has 1 N–H and O–H groups in total. The third-order valence-electron chi connectivity index (χ3n) is 2.86. The van der Waals surface area contributed by atoms with Gasteiger partial charge in [0.2, 0.25) is 5.43 Å². The summed E-state index contributed by atoms with van der Waals surface area (Å²) in [5.41, 5.74) is 2.56. The lowest BCUT2D eigenvalue weighted by Gasteiger charge is -2.03. The number of fused-ring (bicyclic) bond motifs is 2. The van der Waals surface area contributed by atoms with E-state index in [-0.39, 0.29) is 5.43 Å². The van der Waals surface area contributed by atoms with Crippen LogP contribution in [0.3, 0.4) is 0 Å². The Labute approximate surface area is 94.9 Å². The Morgan fingerprint density at radius 1 is 1.25 bits per heavy atom. The molecule has 80 valence electrons. The normalized spacial score (nSPS) is 11.4. The zero-order valence-electron chi connectivity index (χ0n) is 8.87. The number of H-pyrrole nitrogens is 1. The lowest BCUT2D eigenvalue weighted by Crippen LogP contribution is -2.03. The van der Waals surface area contributed by atoms with Gasteiger partial charge in [-0.15, -0.1) is 16.4 Å². The number of benzene rings is 1. The smallest absolute Gasteiger partial charge is 0.218 e. The van der Waals surface area contributed by atoms with Crippen LogP contribution in [-0.2, 0) is 0 Å². The first-order valence-electron chi connectivity index (χ1n) is 4.92. The third-order valence-corrected chi connectivity index (χ3v) is 3.90. The van der Waals surface area contributed by atoms with Crippen LogP contribution in [-0.4, -0.2) is 15.4 Å². The van der Waals surface area contributed by atoms with E-state index in [1.165, 1.54) is 11.3 Å². The number of hydrogen-bond acceptors (Lipinski definition) is 4. The summed E-state index contributed by atoms with van der Waals surface area (Å²) < 4.78 is 0.967. The second-order valence-electron chi connectivity index (χ2n) is 3.79. The van der Waals surface area contributed by atoms with E-state index in [1.807, 2.05) is 26.0 Å². The fourth-order valence-electron chi connectivity index (χ4n) is 1.82. The minimum absolute atomic E-state index is 0.0290. The highest BCUT2D eigenvalue weighted by Gasteiger charge is 2.11. The average molecular weight is 231 g/mol. The van der Waals surface area contributed by atoms with E-state index >= 15 is 0 Å². The monoisotopic (exact) mass is 231 g/mol. The summed E-state index contributed by atoms with van der Waals surface area (Å²) >= 11 is 1.49. The van der Waals surface area contributed by atoms with Gasteiger partial charge in [0.1, 0.15) is 0 Å². The van der Waals surface area contributed by atoms with Gasteiger partial charge in [-0.2, -0.15) is 10.3 Å². The number of aromatic amines is 1. The standard InChI is InChI=1S/C11H9N3OS/c1-5-3-4-7-8(6(5)2)10(15)9-11(16-7)13-14-12-9/h3-4H,1-2H3,(H,12,13,14). The van der Waals surface area contributed by atoms with E-state index in [4.69, 9.17) is 0 Å². The van der Waals surface area contributed by atoms with Crippen molar-refractivity contribution in [3.05, 3.63) is 33.5 Å². The largest absolute Gasteiger partial charge is 0.287 e. The number of aromatic nitrogens is 3. The van der Waals surface area contributed by atoms with Gasteiger partial charge in [0, 0.05) is 10.1 Å². The molecule has 4 nitrogen and oxygen atoms in total. The highest BCUT2D eigenvalue weighted by Crippen LogP contribution is 2.25. The lowest BCUT2D eigenvalue weighted by molar-refractivity contribution is 0.960. The number of aryl methyl sites for hydroxylation is 2. The van der Waals surface area contributed by atoms with Crippen LogP contribution in [0, 0.1) is 13.8 Å². The Bertz CT molecular complexity index is 757. The second-order valence-corrected chi connectivity index (χ2v) is 4.82. The molecule has 2 aromatic heterocycles. The molecular weight excluding hydrogens is 222 g/mol. The SMILES string of the molecule is Cc1ccc2sc3n[nH]nc3c(=O)c2c1C. The Morgan fingerprint density at radius 2 is 2.06 bits per heavy atom.